The zero-order chi connectivity index (χ0) is 38.8. The molecule has 0 aliphatic heterocycles. The van der Waals surface area contributed by atoms with Crippen molar-refractivity contribution in [2.24, 2.45) is 0 Å². The Balaban J connectivity index is -0.0000130. The quantitative estimate of drug-likeness (QED) is 0.0341. The summed E-state index contributed by atoms with van der Waals surface area (Å²) in [7, 11) is -8.62. The van der Waals surface area contributed by atoms with Crippen molar-refractivity contribution in [2.45, 2.75) is 149 Å². The molecule has 0 bridgehead atoms. The van der Waals surface area contributed by atoms with E-state index in [0.29, 0.717) is 13.2 Å². The fraction of sp³-hybridized carbons (Fsp3) is 0.972. The molecule has 0 aromatic carbocycles. The van der Waals surface area contributed by atoms with Crippen LogP contribution >= 0.6 is 0 Å². The number of rotatable bonds is 40. The molecule has 0 saturated heterocycles. The Kier molecular flexibility index (Phi) is 44.9. The summed E-state index contributed by atoms with van der Waals surface area (Å²) in [6.45, 7) is 7.87. The maximum atomic E-state index is 12.4. The molecule has 2 atom stereocenters. The van der Waals surface area contributed by atoms with Crippen LogP contribution in [0.25, 0.3) is 0 Å². The third kappa shape index (κ3) is 44.2. The van der Waals surface area contributed by atoms with Gasteiger partial charge in [-0.3, -0.25) is 4.79 Å². The van der Waals surface area contributed by atoms with Crippen LogP contribution in [0, 0.1) is 0 Å². The molecule has 14 nitrogen and oxygen atoms in total. The van der Waals surface area contributed by atoms with E-state index in [9.17, 15) is 30.7 Å². The van der Waals surface area contributed by atoms with Gasteiger partial charge in [-0.15, -0.1) is 0 Å². The van der Waals surface area contributed by atoms with Gasteiger partial charge < -0.3 is 42.4 Å². The standard InChI is InChI=1S/C36H73NO13S2.2Na/c1-4-6-8-10-12-14-16-18-26-47-35(32-45-24-20-30-51(39,40)41)49-28-22-37(34(3)38)23-29-50-36(33-46-25-21-31-52(42,43)44)48-27-19-17-15-13-11-9-7-5-2;;/h35-36H,4-33H2,1-3H3,(H,39,40,41)(H,42,43,44);;/q;2*+1/p-2. The van der Waals surface area contributed by atoms with Gasteiger partial charge >= 0.3 is 59.1 Å². The van der Waals surface area contributed by atoms with Crippen LogP contribution < -0.4 is 59.1 Å². The van der Waals surface area contributed by atoms with Gasteiger partial charge in [-0.25, -0.2) is 16.8 Å². The van der Waals surface area contributed by atoms with Gasteiger partial charge in [0.15, 0.2) is 12.6 Å². The van der Waals surface area contributed by atoms with Crippen molar-refractivity contribution in [1.29, 1.82) is 0 Å². The van der Waals surface area contributed by atoms with Crippen LogP contribution in [0.2, 0.25) is 0 Å². The topological polar surface area (TPSA) is 190 Å². The molecule has 1 amide bonds. The minimum Gasteiger partial charge on any atom is -0.748 e. The molecule has 0 N–H and O–H groups in total. The van der Waals surface area contributed by atoms with Crippen LogP contribution in [0.1, 0.15) is 136 Å². The predicted molar refractivity (Wildman–Crippen MR) is 199 cm³/mol. The number of nitrogens with zero attached hydrogens (tertiary/aromatic N) is 1. The Bertz CT molecular complexity index is 970. The van der Waals surface area contributed by atoms with E-state index in [0.717, 1.165) is 38.5 Å². The van der Waals surface area contributed by atoms with E-state index in [1.54, 1.807) is 4.90 Å². The molecule has 0 fully saturated rings. The second-order valence-electron chi connectivity index (χ2n) is 13.2. The Morgan fingerprint density at radius 2 is 0.815 bits per heavy atom. The fourth-order valence-corrected chi connectivity index (χ4v) is 6.18. The fourth-order valence-electron chi connectivity index (χ4n) is 5.24. The van der Waals surface area contributed by atoms with E-state index < -0.39 is 44.3 Å². The summed E-state index contributed by atoms with van der Waals surface area (Å²) in [6.07, 6.45) is 17.2. The molecule has 0 saturated carbocycles. The molecule has 0 spiro atoms. The molecule has 0 aromatic rings. The molecule has 0 aromatic heterocycles. The molecular weight excluding hydrogens is 765 g/mol. The number of carbonyl (C=O) groups is 1. The van der Waals surface area contributed by atoms with Gasteiger partial charge in [0, 0.05) is 57.9 Å². The Hall–Kier alpha value is 1.05. The molecule has 0 aliphatic rings. The average Bonchev–Trinajstić information content (AvgIpc) is 3.07. The van der Waals surface area contributed by atoms with Crippen LogP contribution in [0.3, 0.4) is 0 Å². The Morgan fingerprint density at radius 1 is 0.500 bits per heavy atom. The van der Waals surface area contributed by atoms with Crippen LogP contribution in [0.15, 0.2) is 0 Å². The van der Waals surface area contributed by atoms with Crippen molar-refractivity contribution in [3.05, 3.63) is 0 Å². The van der Waals surface area contributed by atoms with Crippen molar-refractivity contribution in [1.82, 2.24) is 4.90 Å². The van der Waals surface area contributed by atoms with Crippen molar-refractivity contribution < 1.29 is 118 Å². The van der Waals surface area contributed by atoms with E-state index >= 15 is 0 Å². The van der Waals surface area contributed by atoms with Gasteiger partial charge in [-0.05, 0) is 25.7 Å². The number of carbonyl (C=O) groups excluding carboxylic acids is 1. The molecule has 0 heterocycles. The van der Waals surface area contributed by atoms with E-state index in [1.807, 2.05) is 0 Å². The number of unbranched alkanes of at least 4 members (excludes halogenated alkanes) is 14. The summed E-state index contributed by atoms with van der Waals surface area (Å²) < 4.78 is 100.0. The molecule has 312 valence electrons. The van der Waals surface area contributed by atoms with Gasteiger partial charge in [0.1, 0.15) is 0 Å². The first-order chi connectivity index (χ1) is 24.9. The molecule has 2 unspecified atom stereocenters. The Labute approximate surface area is 372 Å². The zero-order valence-corrected chi connectivity index (χ0v) is 40.1. The first-order valence-electron chi connectivity index (χ1n) is 19.6. The van der Waals surface area contributed by atoms with Crippen molar-refractivity contribution >= 4 is 26.1 Å². The minimum absolute atomic E-state index is 0. The third-order valence-electron chi connectivity index (χ3n) is 8.25. The first-order valence-corrected chi connectivity index (χ1v) is 22.8. The molecule has 0 aliphatic carbocycles. The van der Waals surface area contributed by atoms with Crippen LogP contribution in [-0.2, 0) is 53.5 Å². The first kappa shape index (κ1) is 59.4. The second-order valence-corrected chi connectivity index (χ2v) is 16.2. The summed E-state index contributed by atoms with van der Waals surface area (Å²) in [5.74, 6) is -1.18. The maximum Gasteiger partial charge on any atom is 1.00 e. The summed E-state index contributed by atoms with van der Waals surface area (Å²) in [5, 5.41) is 0. The van der Waals surface area contributed by atoms with E-state index in [2.05, 4.69) is 13.8 Å². The van der Waals surface area contributed by atoms with E-state index in [-0.39, 0.29) is 131 Å². The van der Waals surface area contributed by atoms with Crippen LogP contribution in [0.5, 0.6) is 0 Å². The second kappa shape index (κ2) is 40.8. The summed E-state index contributed by atoms with van der Waals surface area (Å²) in [4.78, 5) is 14.0. The number of ether oxygens (including phenoxy) is 6. The zero-order valence-electron chi connectivity index (χ0n) is 34.4. The summed E-state index contributed by atoms with van der Waals surface area (Å²) >= 11 is 0. The predicted octanol–water partition coefficient (Wildman–Crippen LogP) is -0.253. The van der Waals surface area contributed by atoms with Gasteiger partial charge in [-0.1, -0.05) is 104 Å². The van der Waals surface area contributed by atoms with E-state index in [4.69, 9.17) is 28.4 Å². The largest absolute Gasteiger partial charge is 1.00 e. The molecule has 54 heavy (non-hydrogen) atoms. The van der Waals surface area contributed by atoms with Gasteiger partial charge in [0.05, 0.1) is 46.7 Å². The van der Waals surface area contributed by atoms with Crippen LogP contribution in [-0.4, -0.2) is 127 Å². The Morgan fingerprint density at radius 3 is 1.13 bits per heavy atom. The summed E-state index contributed by atoms with van der Waals surface area (Å²) in [6, 6.07) is 0. The molecular formula is C36H71NNa2O13S2. The number of hydrogen-bond donors (Lipinski definition) is 0. The normalized spacial score (nSPS) is 12.9. The van der Waals surface area contributed by atoms with Gasteiger partial charge in [-0.2, -0.15) is 0 Å². The van der Waals surface area contributed by atoms with Crippen LogP contribution in [0.4, 0.5) is 0 Å². The molecule has 18 heteroatoms. The third-order valence-corrected chi connectivity index (χ3v) is 9.83. The molecule has 0 rings (SSSR count). The van der Waals surface area contributed by atoms with Gasteiger partial charge in [0.2, 0.25) is 5.91 Å². The van der Waals surface area contributed by atoms with Crippen molar-refractivity contribution in [2.75, 3.05) is 77.5 Å². The smallest absolute Gasteiger partial charge is 0.748 e. The van der Waals surface area contributed by atoms with Gasteiger partial charge in [0.25, 0.3) is 0 Å². The van der Waals surface area contributed by atoms with E-state index in [1.165, 1.54) is 71.1 Å². The SMILES string of the molecule is CCCCCCCCCCOC(COCCCS(=O)(=O)[O-])OCCN(CCOC(COCCCS(=O)(=O)[O-])OCCCCCCCCCC)C(C)=O.[Na+].[Na+]. The van der Waals surface area contributed by atoms with Crippen molar-refractivity contribution in [3.8, 4) is 0 Å². The maximum absolute atomic E-state index is 12.4. The van der Waals surface area contributed by atoms with Crippen molar-refractivity contribution in [3.63, 3.8) is 0 Å². The molecule has 0 radical (unpaired) electrons. The summed E-state index contributed by atoms with van der Waals surface area (Å²) in [5.41, 5.74) is 0. The monoisotopic (exact) mass is 835 g/mol. The average molecular weight is 836 g/mol. The number of amides is 1. The number of hydrogen-bond acceptors (Lipinski definition) is 13. The minimum atomic E-state index is -4.31.